The van der Waals surface area contributed by atoms with E-state index in [4.69, 9.17) is 0 Å². The van der Waals surface area contributed by atoms with Crippen LogP contribution in [-0.2, 0) is 9.59 Å². The normalized spacial score (nSPS) is 11.3. The maximum absolute atomic E-state index is 12.3. The molecule has 114 valence electrons. The molecular formula is C16H21NO3S. The minimum absolute atomic E-state index is 0.224. The second-order valence-corrected chi connectivity index (χ2v) is 5.56. The Hall–Kier alpha value is -1.75. The highest BCUT2D eigenvalue weighted by atomic mass is 32.2. The molecule has 0 atom stereocenters. The molecule has 0 aromatic heterocycles. The summed E-state index contributed by atoms with van der Waals surface area (Å²) in [7, 11) is 0. The van der Waals surface area contributed by atoms with Gasteiger partial charge in [0.25, 0.3) is 5.91 Å². The molecule has 4 nitrogen and oxygen atoms in total. The number of thioether (sulfide) groups is 1. The fraction of sp³-hybridized carbons (Fsp3) is 0.375. The van der Waals surface area contributed by atoms with Crippen LogP contribution in [0.2, 0.25) is 0 Å². The van der Waals surface area contributed by atoms with Crippen LogP contribution >= 0.6 is 11.8 Å². The molecule has 1 N–H and O–H groups in total. The smallest absolute Gasteiger partial charge is 0.266 e. The van der Waals surface area contributed by atoms with Gasteiger partial charge in [0.1, 0.15) is 5.75 Å². The number of carbonyl (C=O) groups is 2. The van der Waals surface area contributed by atoms with Crippen molar-refractivity contribution in [1.82, 2.24) is 4.90 Å². The molecule has 0 aliphatic rings. The molecule has 5 heteroatoms. The fourth-order valence-corrected chi connectivity index (χ4v) is 2.35. The number of phenols is 1. The minimum atomic E-state index is -0.281. The van der Waals surface area contributed by atoms with E-state index in [0.29, 0.717) is 17.9 Å². The Balaban J connectivity index is 2.98. The van der Waals surface area contributed by atoms with Crippen LogP contribution < -0.4 is 0 Å². The summed E-state index contributed by atoms with van der Waals surface area (Å²) in [5.74, 6) is -0.0571. The van der Waals surface area contributed by atoms with Gasteiger partial charge in [0.2, 0.25) is 6.41 Å². The monoisotopic (exact) mass is 307 g/mol. The predicted molar refractivity (Wildman–Crippen MR) is 87.0 cm³/mol. The molecule has 0 aliphatic carbocycles. The summed E-state index contributed by atoms with van der Waals surface area (Å²) in [6.07, 6.45) is 5.85. The quantitative estimate of drug-likeness (QED) is 0.621. The van der Waals surface area contributed by atoms with Gasteiger partial charge in [-0.2, -0.15) is 0 Å². The van der Waals surface area contributed by atoms with Crippen LogP contribution in [0.25, 0.3) is 6.08 Å². The van der Waals surface area contributed by atoms with E-state index in [1.54, 1.807) is 37.5 Å². The molecule has 2 amide bonds. The van der Waals surface area contributed by atoms with E-state index in [0.717, 1.165) is 24.0 Å². The summed E-state index contributed by atoms with van der Waals surface area (Å²) >= 11 is 1.31. The first-order valence-corrected chi connectivity index (χ1v) is 8.07. The number of benzene rings is 1. The highest BCUT2D eigenvalue weighted by molar-refractivity contribution is 8.03. The predicted octanol–water partition coefficient (Wildman–Crippen LogP) is 3.19. The zero-order chi connectivity index (χ0) is 15.8. The lowest BCUT2D eigenvalue weighted by Gasteiger charge is -2.16. The van der Waals surface area contributed by atoms with Gasteiger partial charge in [-0.25, -0.2) is 0 Å². The van der Waals surface area contributed by atoms with Crippen LogP contribution in [-0.4, -0.2) is 35.1 Å². The summed E-state index contributed by atoms with van der Waals surface area (Å²) in [6.45, 7) is 4.25. The number of hydrogen-bond acceptors (Lipinski definition) is 4. The topological polar surface area (TPSA) is 57.6 Å². The molecule has 0 radical (unpaired) electrons. The van der Waals surface area contributed by atoms with Crippen molar-refractivity contribution in [3.63, 3.8) is 0 Å². The highest BCUT2D eigenvalue weighted by Gasteiger charge is 2.16. The van der Waals surface area contributed by atoms with Crippen molar-refractivity contribution in [2.24, 2.45) is 0 Å². The van der Waals surface area contributed by atoms with E-state index in [2.05, 4.69) is 0 Å². The van der Waals surface area contributed by atoms with Crippen LogP contribution in [0.15, 0.2) is 23.1 Å². The third-order valence-electron chi connectivity index (χ3n) is 3.09. The van der Waals surface area contributed by atoms with E-state index < -0.39 is 0 Å². The Morgan fingerprint density at radius 3 is 2.67 bits per heavy atom. The van der Waals surface area contributed by atoms with Crippen molar-refractivity contribution < 1.29 is 14.7 Å². The molecule has 21 heavy (non-hydrogen) atoms. The van der Waals surface area contributed by atoms with Crippen molar-refractivity contribution in [2.45, 2.75) is 26.7 Å². The van der Waals surface area contributed by atoms with Gasteiger partial charge in [0.05, 0.1) is 4.91 Å². The summed E-state index contributed by atoms with van der Waals surface area (Å²) < 4.78 is 0. The maximum Gasteiger partial charge on any atom is 0.266 e. The maximum atomic E-state index is 12.3. The standard InChI is InChI=1S/C16H21NO3S/c1-4-5-8-17(11-18)16(20)15(21-3)10-13-6-7-14(19)12(2)9-13/h6-7,9-11,19H,4-5,8H2,1-3H3/b15-10-. The van der Waals surface area contributed by atoms with Crippen molar-refractivity contribution in [1.29, 1.82) is 0 Å². The van der Waals surface area contributed by atoms with Crippen molar-refractivity contribution >= 4 is 30.2 Å². The second-order valence-electron chi connectivity index (χ2n) is 4.72. The first-order valence-electron chi connectivity index (χ1n) is 6.85. The van der Waals surface area contributed by atoms with Crippen LogP contribution in [0.5, 0.6) is 5.75 Å². The van der Waals surface area contributed by atoms with Crippen LogP contribution in [0, 0.1) is 6.92 Å². The largest absolute Gasteiger partial charge is 0.508 e. The van der Waals surface area contributed by atoms with E-state index in [9.17, 15) is 14.7 Å². The number of aromatic hydroxyl groups is 1. The van der Waals surface area contributed by atoms with Crippen LogP contribution in [0.4, 0.5) is 0 Å². The Bertz CT molecular complexity index is 540. The molecule has 1 aromatic carbocycles. The number of aryl methyl sites for hydroxylation is 1. The third kappa shape index (κ3) is 4.93. The van der Waals surface area contributed by atoms with Gasteiger partial charge in [0, 0.05) is 6.54 Å². The average Bonchev–Trinajstić information content (AvgIpc) is 2.48. The lowest BCUT2D eigenvalue weighted by molar-refractivity contribution is -0.134. The zero-order valence-corrected chi connectivity index (χ0v) is 13.4. The van der Waals surface area contributed by atoms with Crippen LogP contribution in [0.3, 0.4) is 0 Å². The van der Waals surface area contributed by atoms with Crippen molar-refractivity contribution in [2.75, 3.05) is 12.8 Å². The Labute approximate surface area is 129 Å². The van der Waals surface area contributed by atoms with Gasteiger partial charge in [-0.15, -0.1) is 11.8 Å². The number of unbranched alkanes of at least 4 members (excludes halogenated alkanes) is 1. The van der Waals surface area contributed by atoms with E-state index >= 15 is 0 Å². The molecule has 0 saturated heterocycles. The molecule has 1 rings (SSSR count). The zero-order valence-electron chi connectivity index (χ0n) is 12.6. The van der Waals surface area contributed by atoms with Gasteiger partial charge < -0.3 is 5.11 Å². The third-order valence-corrected chi connectivity index (χ3v) is 3.82. The molecule has 0 saturated carbocycles. The van der Waals surface area contributed by atoms with E-state index in [1.165, 1.54) is 16.7 Å². The Kier molecular flexibility index (Phi) is 7.02. The van der Waals surface area contributed by atoms with Gasteiger partial charge in [-0.1, -0.05) is 19.4 Å². The van der Waals surface area contributed by atoms with E-state index in [-0.39, 0.29) is 11.7 Å². The molecular weight excluding hydrogens is 286 g/mol. The number of carbonyl (C=O) groups excluding carboxylic acids is 2. The summed E-state index contributed by atoms with van der Waals surface area (Å²) in [6, 6.07) is 5.14. The van der Waals surface area contributed by atoms with E-state index in [1.807, 2.05) is 6.92 Å². The molecule has 0 spiro atoms. The first kappa shape index (κ1) is 17.3. The fourth-order valence-electron chi connectivity index (χ4n) is 1.80. The van der Waals surface area contributed by atoms with Crippen molar-refractivity contribution in [3.05, 3.63) is 34.2 Å². The molecule has 0 unspecified atom stereocenters. The van der Waals surface area contributed by atoms with Gasteiger partial charge in [-0.3, -0.25) is 14.5 Å². The minimum Gasteiger partial charge on any atom is -0.508 e. The SMILES string of the molecule is CCCCN(C=O)C(=O)/C(=C/c1ccc(O)c(C)c1)SC. The first-order chi connectivity index (χ1) is 10.0. The molecule has 0 aliphatic heterocycles. The number of hydrogen-bond donors (Lipinski definition) is 1. The average molecular weight is 307 g/mol. The molecule has 1 aromatic rings. The summed E-state index contributed by atoms with van der Waals surface area (Å²) in [5, 5.41) is 9.52. The van der Waals surface area contributed by atoms with Gasteiger partial charge >= 0.3 is 0 Å². The number of nitrogens with zero attached hydrogens (tertiary/aromatic N) is 1. The lowest BCUT2D eigenvalue weighted by Crippen LogP contribution is -2.31. The lowest BCUT2D eigenvalue weighted by atomic mass is 10.1. The van der Waals surface area contributed by atoms with Gasteiger partial charge in [-0.05, 0) is 48.9 Å². The van der Waals surface area contributed by atoms with Crippen LogP contribution in [0.1, 0.15) is 30.9 Å². The molecule has 0 heterocycles. The van der Waals surface area contributed by atoms with Gasteiger partial charge in [0.15, 0.2) is 0 Å². The van der Waals surface area contributed by atoms with Crippen molar-refractivity contribution in [3.8, 4) is 5.75 Å². The summed E-state index contributed by atoms with van der Waals surface area (Å²) in [4.78, 5) is 25.1. The molecule has 0 bridgehead atoms. The number of rotatable bonds is 7. The molecule has 0 fully saturated rings. The Morgan fingerprint density at radius 1 is 1.43 bits per heavy atom. The number of amides is 2. The number of phenolic OH excluding ortho intramolecular Hbond substituents is 1. The number of imide groups is 1. The summed E-state index contributed by atoms with van der Waals surface area (Å²) in [5.41, 5.74) is 1.57. The second kappa shape index (κ2) is 8.52. The Morgan fingerprint density at radius 2 is 2.14 bits per heavy atom. The highest BCUT2D eigenvalue weighted by Crippen LogP contribution is 2.23.